The zero-order chi connectivity index (χ0) is 20.5. The summed E-state index contributed by atoms with van der Waals surface area (Å²) in [5.41, 5.74) is -0.633. The fraction of sp³-hybridized carbons (Fsp3) is 1.00. The van der Waals surface area contributed by atoms with Crippen LogP contribution in [0.5, 0.6) is 0 Å². The molecule has 1 saturated heterocycles. The highest BCUT2D eigenvalue weighted by atomic mass is 16.5. The van der Waals surface area contributed by atoms with Crippen LogP contribution in [0.15, 0.2) is 0 Å². The number of unbranched alkanes of at least 4 members (excludes halogenated alkanes) is 7. The van der Waals surface area contributed by atoms with Gasteiger partial charge < -0.3 is 4.74 Å². The molecule has 0 aliphatic carbocycles. The Labute approximate surface area is 170 Å². The Hall–Kier alpha value is -0.120. The van der Waals surface area contributed by atoms with Crippen molar-refractivity contribution in [1.82, 2.24) is 5.06 Å². The molecule has 0 bridgehead atoms. The zero-order valence-electron chi connectivity index (χ0n) is 19.5. The van der Waals surface area contributed by atoms with Gasteiger partial charge in [-0.25, -0.2) is 0 Å². The van der Waals surface area contributed by atoms with Crippen molar-refractivity contribution in [2.45, 2.75) is 149 Å². The van der Waals surface area contributed by atoms with E-state index in [9.17, 15) is 5.21 Å². The van der Waals surface area contributed by atoms with Crippen molar-refractivity contribution in [2.75, 3.05) is 0 Å². The second kappa shape index (κ2) is 11.8. The lowest BCUT2D eigenvalue weighted by molar-refractivity contribution is -0.329. The Bertz CT molecular complexity index is 402. The molecule has 3 nitrogen and oxygen atoms in total. The summed E-state index contributed by atoms with van der Waals surface area (Å²) in [6.45, 7) is 15.3. The fourth-order valence-corrected chi connectivity index (χ4v) is 4.75. The molecule has 0 aromatic heterocycles. The van der Waals surface area contributed by atoms with Crippen molar-refractivity contribution >= 4 is 0 Å². The van der Waals surface area contributed by atoms with Gasteiger partial charge in [0.15, 0.2) is 0 Å². The minimum Gasteiger partial charge on any atom is -0.375 e. The van der Waals surface area contributed by atoms with E-state index in [1.807, 2.05) is 0 Å². The molecule has 161 valence electrons. The number of hydrogen-bond donors (Lipinski definition) is 0. The maximum atomic E-state index is 13.1. The first kappa shape index (κ1) is 24.9. The molecule has 1 aliphatic heterocycles. The van der Waals surface area contributed by atoms with Gasteiger partial charge >= 0.3 is 0 Å². The van der Waals surface area contributed by atoms with Gasteiger partial charge in [0.2, 0.25) is 0 Å². The Morgan fingerprint density at radius 1 is 0.963 bits per heavy atom. The number of hydroxylamine groups is 2. The van der Waals surface area contributed by atoms with Gasteiger partial charge in [-0.1, -0.05) is 79.1 Å². The molecule has 0 N–H and O–H groups in total. The van der Waals surface area contributed by atoms with Crippen LogP contribution in [0, 0.1) is 5.92 Å². The van der Waals surface area contributed by atoms with Crippen molar-refractivity contribution in [3.05, 3.63) is 0 Å². The highest BCUT2D eigenvalue weighted by Gasteiger charge is 2.54. The quantitative estimate of drug-likeness (QED) is 0.313. The normalized spacial score (nSPS) is 33.3. The van der Waals surface area contributed by atoms with Gasteiger partial charge in [0.25, 0.3) is 0 Å². The molecule has 1 fully saturated rings. The molecule has 1 radical (unpaired) electrons. The summed E-state index contributed by atoms with van der Waals surface area (Å²) in [4.78, 5) is 0. The van der Waals surface area contributed by atoms with Crippen molar-refractivity contribution in [3.8, 4) is 0 Å². The molecule has 5 atom stereocenters. The SMILES string of the molecule is CCCCCCCCCCC(C)OC1CC(C)(CC)N([O])C(C)(CC)C1C. The van der Waals surface area contributed by atoms with Gasteiger partial charge in [0.1, 0.15) is 0 Å². The van der Waals surface area contributed by atoms with Crippen LogP contribution in [0.3, 0.4) is 0 Å². The first-order chi connectivity index (χ1) is 12.7. The lowest BCUT2D eigenvalue weighted by Gasteiger charge is -2.56. The van der Waals surface area contributed by atoms with Crippen LogP contribution in [0.1, 0.15) is 126 Å². The number of hydrogen-bond acceptors (Lipinski definition) is 2. The van der Waals surface area contributed by atoms with Crippen molar-refractivity contribution in [1.29, 1.82) is 0 Å². The van der Waals surface area contributed by atoms with Crippen LogP contribution in [0.4, 0.5) is 0 Å². The van der Waals surface area contributed by atoms with Gasteiger partial charge in [0.05, 0.1) is 17.7 Å². The minimum atomic E-state index is -0.327. The van der Waals surface area contributed by atoms with E-state index in [1.165, 1.54) is 56.4 Å². The standard InChI is InChI=1S/C24H48NO2/c1-8-11-12-13-14-15-16-17-18-20(4)27-22-19-23(6,9-2)25(26)24(7,10-3)21(22)5/h20-22H,8-19H2,1-7H3. The molecule has 0 aromatic carbocycles. The summed E-state index contributed by atoms with van der Waals surface area (Å²) in [6, 6.07) is 0. The molecule has 0 saturated carbocycles. The number of piperidine rings is 1. The molecular formula is C24H48NO2. The van der Waals surface area contributed by atoms with Crippen LogP contribution >= 0.6 is 0 Å². The Kier molecular flexibility index (Phi) is 10.9. The van der Waals surface area contributed by atoms with Crippen molar-refractivity contribution in [2.24, 2.45) is 5.92 Å². The summed E-state index contributed by atoms with van der Waals surface area (Å²) in [5, 5.41) is 14.5. The molecule has 0 amide bonds. The topological polar surface area (TPSA) is 32.4 Å². The van der Waals surface area contributed by atoms with E-state index in [1.54, 1.807) is 0 Å². The fourth-order valence-electron chi connectivity index (χ4n) is 4.75. The first-order valence-corrected chi connectivity index (χ1v) is 11.9. The van der Waals surface area contributed by atoms with E-state index in [4.69, 9.17) is 4.74 Å². The predicted octanol–water partition coefficient (Wildman–Crippen LogP) is 7.32. The average molecular weight is 383 g/mol. The Morgan fingerprint density at radius 3 is 2.04 bits per heavy atom. The maximum absolute atomic E-state index is 13.1. The molecule has 5 unspecified atom stereocenters. The third kappa shape index (κ3) is 6.72. The smallest absolute Gasteiger partial charge is 0.0641 e. The van der Waals surface area contributed by atoms with E-state index in [2.05, 4.69) is 48.5 Å². The first-order valence-electron chi connectivity index (χ1n) is 11.9. The minimum absolute atomic E-state index is 0.189. The molecule has 1 rings (SSSR count). The average Bonchev–Trinajstić information content (AvgIpc) is 2.66. The van der Waals surface area contributed by atoms with Gasteiger partial charge in [-0.05, 0) is 46.5 Å². The third-order valence-electron chi connectivity index (χ3n) is 7.48. The maximum Gasteiger partial charge on any atom is 0.0641 e. The molecule has 0 aromatic rings. The summed E-state index contributed by atoms with van der Waals surface area (Å²) >= 11 is 0. The largest absolute Gasteiger partial charge is 0.375 e. The van der Waals surface area contributed by atoms with Crippen LogP contribution in [0.25, 0.3) is 0 Å². The van der Waals surface area contributed by atoms with E-state index in [-0.39, 0.29) is 29.2 Å². The molecular weight excluding hydrogens is 334 g/mol. The van der Waals surface area contributed by atoms with Crippen LogP contribution in [-0.4, -0.2) is 28.3 Å². The molecule has 3 heteroatoms. The number of ether oxygens (including phenoxy) is 1. The number of nitrogens with zero attached hydrogens (tertiary/aromatic N) is 1. The predicted molar refractivity (Wildman–Crippen MR) is 115 cm³/mol. The molecule has 27 heavy (non-hydrogen) atoms. The highest BCUT2D eigenvalue weighted by Crippen LogP contribution is 2.45. The molecule has 1 aliphatic rings. The van der Waals surface area contributed by atoms with Gasteiger partial charge in [0, 0.05) is 11.5 Å². The second-order valence-corrected chi connectivity index (χ2v) is 9.60. The summed E-state index contributed by atoms with van der Waals surface area (Å²) in [6.07, 6.45) is 15.1. The lowest BCUT2D eigenvalue weighted by atomic mass is 9.69. The monoisotopic (exact) mass is 382 g/mol. The second-order valence-electron chi connectivity index (χ2n) is 9.60. The lowest BCUT2D eigenvalue weighted by Crippen LogP contribution is -2.66. The number of rotatable bonds is 13. The summed E-state index contributed by atoms with van der Waals surface area (Å²) < 4.78 is 6.54. The Morgan fingerprint density at radius 2 is 1.52 bits per heavy atom. The van der Waals surface area contributed by atoms with Gasteiger partial charge in [-0.2, -0.15) is 0 Å². The van der Waals surface area contributed by atoms with Crippen molar-refractivity contribution in [3.63, 3.8) is 0 Å². The van der Waals surface area contributed by atoms with E-state index >= 15 is 0 Å². The van der Waals surface area contributed by atoms with E-state index in [0.29, 0.717) is 0 Å². The Balaban J connectivity index is 2.44. The van der Waals surface area contributed by atoms with E-state index in [0.717, 1.165) is 25.7 Å². The zero-order valence-corrected chi connectivity index (χ0v) is 19.5. The molecule has 1 heterocycles. The summed E-state index contributed by atoms with van der Waals surface area (Å²) in [7, 11) is 0. The van der Waals surface area contributed by atoms with E-state index < -0.39 is 0 Å². The molecule has 0 spiro atoms. The van der Waals surface area contributed by atoms with Crippen LogP contribution in [-0.2, 0) is 9.94 Å². The van der Waals surface area contributed by atoms with Gasteiger partial charge in [-0.3, -0.25) is 0 Å². The third-order valence-corrected chi connectivity index (χ3v) is 7.48. The van der Waals surface area contributed by atoms with Gasteiger partial charge in [-0.15, -0.1) is 10.3 Å². The van der Waals surface area contributed by atoms with Crippen molar-refractivity contribution < 1.29 is 9.94 Å². The van der Waals surface area contributed by atoms with Crippen LogP contribution < -0.4 is 0 Å². The highest BCUT2D eigenvalue weighted by molar-refractivity contribution is 5.03. The van der Waals surface area contributed by atoms with Crippen LogP contribution in [0.2, 0.25) is 0 Å². The summed E-state index contributed by atoms with van der Waals surface area (Å²) in [5.74, 6) is 0.264.